The van der Waals surface area contributed by atoms with Gasteiger partial charge in [-0.2, -0.15) is 13.2 Å². The van der Waals surface area contributed by atoms with Gasteiger partial charge in [0.1, 0.15) is 0 Å². The molecule has 0 heterocycles. The minimum Gasteiger partial charge on any atom is -0.396 e. The number of benzene rings is 1. The van der Waals surface area contributed by atoms with Crippen molar-refractivity contribution in [3.05, 3.63) is 35.4 Å². The van der Waals surface area contributed by atoms with Crippen LogP contribution >= 0.6 is 0 Å². The molecule has 0 amide bonds. The second-order valence-corrected chi connectivity index (χ2v) is 6.40. The number of rotatable bonds is 7. The van der Waals surface area contributed by atoms with Gasteiger partial charge < -0.3 is 5.11 Å². The van der Waals surface area contributed by atoms with Crippen molar-refractivity contribution in [1.29, 1.82) is 0 Å². The van der Waals surface area contributed by atoms with Crippen molar-refractivity contribution in [2.24, 2.45) is 0 Å². The maximum Gasteiger partial charge on any atom is 0.416 e. The van der Waals surface area contributed by atoms with E-state index in [9.17, 15) is 21.6 Å². The minimum absolute atomic E-state index is 0.194. The Morgan fingerprint density at radius 2 is 1.90 bits per heavy atom. The topological polar surface area (TPSA) is 66.4 Å². The van der Waals surface area contributed by atoms with E-state index in [2.05, 4.69) is 4.72 Å². The van der Waals surface area contributed by atoms with Crippen LogP contribution in [0.25, 0.3) is 0 Å². The molecule has 120 valence electrons. The zero-order valence-electron chi connectivity index (χ0n) is 11.5. The Hall–Kier alpha value is -1.12. The molecule has 0 aliphatic heterocycles. The Bertz CT molecular complexity index is 558. The van der Waals surface area contributed by atoms with Gasteiger partial charge in [0.25, 0.3) is 0 Å². The van der Waals surface area contributed by atoms with Gasteiger partial charge in [-0.3, -0.25) is 0 Å². The van der Waals surface area contributed by atoms with Gasteiger partial charge in [-0.05, 0) is 24.5 Å². The first-order valence-electron chi connectivity index (χ1n) is 6.45. The molecule has 0 spiro atoms. The lowest BCUT2D eigenvalue weighted by molar-refractivity contribution is -0.138. The van der Waals surface area contributed by atoms with E-state index in [1.807, 2.05) is 0 Å². The largest absolute Gasteiger partial charge is 0.416 e. The van der Waals surface area contributed by atoms with Crippen LogP contribution in [0.15, 0.2) is 24.3 Å². The zero-order valence-corrected chi connectivity index (χ0v) is 12.3. The number of sulfonamides is 1. The van der Waals surface area contributed by atoms with Crippen LogP contribution in [0.3, 0.4) is 0 Å². The van der Waals surface area contributed by atoms with Crippen LogP contribution in [-0.2, 0) is 22.0 Å². The van der Waals surface area contributed by atoms with E-state index in [4.69, 9.17) is 5.11 Å². The quantitative estimate of drug-likeness (QED) is 0.808. The lowest BCUT2D eigenvalue weighted by Gasteiger charge is -2.17. The van der Waals surface area contributed by atoms with Crippen LogP contribution < -0.4 is 4.72 Å². The Morgan fingerprint density at radius 3 is 2.43 bits per heavy atom. The molecular formula is C13H18F3NO3S. The molecule has 4 nitrogen and oxygen atoms in total. The van der Waals surface area contributed by atoms with Gasteiger partial charge in [0, 0.05) is 12.6 Å². The molecule has 0 saturated heterocycles. The molecule has 0 aliphatic rings. The van der Waals surface area contributed by atoms with Crippen LogP contribution in [-0.4, -0.2) is 26.2 Å². The van der Waals surface area contributed by atoms with Crippen LogP contribution in [0, 0.1) is 0 Å². The molecule has 8 heteroatoms. The first-order chi connectivity index (χ1) is 9.69. The van der Waals surface area contributed by atoms with E-state index in [1.165, 1.54) is 12.1 Å². The smallest absolute Gasteiger partial charge is 0.396 e. The van der Waals surface area contributed by atoms with E-state index < -0.39 is 33.6 Å². The van der Waals surface area contributed by atoms with Crippen LogP contribution in [0.5, 0.6) is 0 Å². The fraction of sp³-hybridized carbons (Fsp3) is 0.538. The number of aliphatic hydroxyl groups excluding tert-OH is 1. The average Bonchev–Trinajstić information content (AvgIpc) is 2.36. The number of hydrogen-bond donors (Lipinski definition) is 2. The van der Waals surface area contributed by atoms with Gasteiger partial charge in [-0.1, -0.05) is 25.1 Å². The van der Waals surface area contributed by atoms with Crippen LogP contribution in [0.4, 0.5) is 13.2 Å². The van der Waals surface area contributed by atoms with Gasteiger partial charge in [0.15, 0.2) is 0 Å². The van der Waals surface area contributed by atoms with Crippen molar-refractivity contribution in [3.8, 4) is 0 Å². The highest BCUT2D eigenvalue weighted by Crippen LogP contribution is 2.32. The predicted octanol–water partition coefficient (Wildman–Crippen LogP) is 2.29. The monoisotopic (exact) mass is 325 g/mol. The van der Waals surface area contributed by atoms with Crippen molar-refractivity contribution in [2.75, 3.05) is 6.61 Å². The summed E-state index contributed by atoms with van der Waals surface area (Å²) in [5, 5.41) is 8.82. The fourth-order valence-electron chi connectivity index (χ4n) is 1.93. The Labute approximate surface area is 122 Å². The normalized spacial score (nSPS) is 14.1. The highest BCUT2D eigenvalue weighted by molar-refractivity contribution is 7.88. The summed E-state index contributed by atoms with van der Waals surface area (Å²) in [5.41, 5.74) is -1.25. The van der Waals surface area contributed by atoms with Crippen molar-refractivity contribution < 1.29 is 26.7 Å². The summed E-state index contributed by atoms with van der Waals surface area (Å²) in [4.78, 5) is 0. The summed E-state index contributed by atoms with van der Waals surface area (Å²) in [6, 6.07) is 4.10. The standard InChI is InChI=1S/C13H18F3NO3S/c1-2-11(7-8-18)17-21(19,20)9-10-5-3-4-6-12(10)13(14,15)16/h3-6,11,17-18H,2,7-9H2,1H3. The summed E-state index contributed by atoms with van der Waals surface area (Å²) in [5.74, 6) is -0.745. The highest BCUT2D eigenvalue weighted by atomic mass is 32.2. The van der Waals surface area contributed by atoms with Crippen molar-refractivity contribution in [1.82, 2.24) is 4.72 Å². The Morgan fingerprint density at radius 1 is 1.29 bits per heavy atom. The number of halogens is 3. The van der Waals surface area contributed by atoms with Crippen molar-refractivity contribution >= 4 is 10.0 Å². The summed E-state index contributed by atoms with van der Waals surface area (Å²) >= 11 is 0. The molecule has 1 unspecified atom stereocenters. The van der Waals surface area contributed by atoms with Crippen molar-refractivity contribution in [2.45, 2.75) is 37.7 Å². The number of nitrogens with one attached hydrogen (secondary N) is 1. The van der Waals surface area contributed by atoms with E-state index in [1.54, 1.807) is 6.92 Å². The first kappa shape index (κ1) is 17.9. The Balaban J connectivity index is 2.95. The van der Waals surface area contributed by atoms with E-state index in [0.29, 0.717) is 6.42 Å². The summed E-state index contributed by atoms with van der Waals surface area (Å²) < 4.78 is 64.7. The maximum absolute atomic E-state index is 12.8. The molecule has 1 aromatic carbocycles. The molecule has 0 aliphatic carbocycles. The second kappa shape index (κ2) is 7.24. The molecule has 0 fully saturated rings. The maximum atomic E-state index is 12.8. The third-order valence-corrected chi connectivity index (χ3v) is 4.37. The molecule has 0 bridgehead atoms. The van der Waals surface area contributed by atoms with Gasteiger partial charge in [-0.25, -0.2) is 13.1 Å². The number of alkyl halides is 3. The van der Waals surface area contributed by atoms with E-state index in [0.717, 1.165) is 12.1 Å². The van der Waals surface area contributed by atoms with Gasteiger partial charge in [0.05, 0.1) is 11.3 Å². The van der Waals surface area contributed by atoms with E-state index >= 15 is 0 Å². The molecule has 1 atom stereocenters. The third-order valence-electron chi connectivity index (χ3n) is 2.98. The van der Waals surface area contributed by atoms with Crippen LogP contribution in [0.2, 0.25) is 0 Å². The van der Waals surface area contributed by atoms with Crippen LogP contribution in [0.1, 0.15) is 30.9 Å². The molecular weight excluding hydrogens is 307 g/mol. The molecule has 1 aromatic rings. The highest BCUT2D eigenvalue weighted by Gasteiger charge is 2.34. The number of hydrogen-bond acceptors (Lipinski definition) is 3. The van der Waals surface area contributed by atoms with Crippen molar-refractivity contribution in [3.63, 3.8) is 0 Å². The van der Waals surface area contributed by atoms with Gasteiger partial charge in [-0.15, -0.1) is 0 Å². The lowest BCUT2D eigenvalue weighted by atomic mass is 10.1. The molecule has 0 aromatic heterocycles. The van der Waals surface area contributed by atoms with Gasteiger partial charge in [0.2, 0.25) is 10.0 Å². The second-order valence-electron chi connectivity index (χ2n) is 4.65. The fourth-order valence-corrected chi connectivity index (χ4v) is 3.46. The molecule has 0 saturated carbocycles. The minimum atomic E-state index is -4.60. The zero-order chi connectivity index (χ0) is 16.1. The lowest BCUT2D eigenvalue weighted by Crippen LogP contribution is -2.36. The summed E-state index contributed by atoms with van der Waals surface area (Å²) in [6.07, 6.45) is -3.93. The molecule has 21 heavy (non-hydrogen) atoms. The molecule has 2 N–H and O–H groups in total. The molecule has 0 radical (unpaired) electrons. The Kier molecular flexibility index (Phi) is 6.18. The first-order valence-corrected chi connectivity index (χ1v) is 8.10. The molecule has 1 rings (SSSR count). The number of aliphatic hydroxyl groups is 1. The third kappa shape index (κ3) is 5.64. The summed E-state index contributed by atoms with van der Waals surface area (Å²) in [7, 11) is -3.91. The summed E-state index contributed by atoms with van der Waals surface area (Å²) in [6.45, 7) is 1.53. The SMILES string of the molecule is CCC(CCO)NS(=O)(=O)Cc1ccccc1C(F)(F)F. The predicted molar refractivity (Wildman–Crippen MR) is 73.0 cm³/mol. The average molecular weight is 325 g/mol. The van der Waals surface area contributed by atoms with Gasteiger partial charge >= 0.3 is 6.18 Å². The van der Waals surface area contributed by atoms with E-state index in [-0.39, 0.29) is 18.6 Å².